The van der Waals surface area contributed by atoms with E-state index in [4.69, 9.17) is 4.74 Å². The van der Waals surface area contributed by atoms with Crippen molar-refractivity contribution in [3.63, 3.8) is 0 Å². The number of aromatic nitrogens is 1. The topological polar surface area (TPSA) is 37.4 Å². The van der Waals surface area contributed by atoms with Crippen LogP contribution >= 0.6 is 27.3 Å². The molecule has 0 aliphatic carbocycles. The van der Waals surface area contributed by atoms with Gasteiger partial charge in [-0.05, 0) is 34.1 Å². The number of hydrogen-bond donors (Lipinski definition) is 1. The molecule has 108 valence electrons. The molecular weight excluding hydrogens is 345 g/mol. The van der Waals surface area contributed by atoms with Crippen molar-refractivity contribution >= 4 is 38.1 Å². The van der Waals surface area contributed by atoms with Gasteiger partial charge in [0.15, 0.2) is 5.13 Å². The highest BCUT2D eigenvalue weighted by molar-refractivity contribution is 9.10. The smallest absolute Gasteiger partial charge is 0.231 e. The van der Waals surface area contributed by atoms with Gasteiger partial charge < -0.3 is 15.0 Å². The van der Waals surface area contributed by atoms with Gasteiger partial charge in [-0.15, -0.1) is 0 Å². The predicted octanol–water partition coefficient (Wildman–Crippen LogP) is 3.73. The summed E-state index contributed by atoms with van der Waals surface area (Å²) in [6, 6.07) is 4.53. The van der Waals surface area contributed by atoms with Gasteiger partial charge in [0, 0.05) is 18.6 Å². The van der Waals surface area contributed by atoms with Gasteiger partial charge in [-0.25, -0.2) is 4.39 Å². The molecule has 2 rings (SSSR count). The molecule has 4 nitrogen and oxygen atoms in total. The first-order valence-corrected chi connectivity index (χ1v) is 7.52. The molecule has 2 aromatic rings. The lowest BCUT2D eigenvalue weighted by Crippen LogP contribution is -2.07. The Labute approximate surface area is 129 Å². The van der Waals surface area contributed by atoms with E-state index in [1.807, 2.05) is 19.0 Å². The molecule has 0 atom stereocenters. The summed E-state index contributed by atoms with van der Waals surface area (Å²) in [4.78, 5) is 7.27. The third-order valence-corrected chi connectivity index (χ3v) is 4.49. The maximum absolute atomic E-state index is 13.2. The highest BCUT2D eigenvalue weighted by Crippen LogP contribution is 2.32. The second-order valence-electron chi connectivity index (χ2n) is 4.30. The highest BCUT2D eigenvalue weighted by Gasteiger charge is 2.13. The third-order valence-electron chi connectivity index (χ3n) is 2.59. The number of rotatable bonds is 5. The lowest BCUT2D eigenvalue weighted by Gasteiger charge is -2.08. The van der Waals surface area contributed by atoms with Crippen molar-refractivity contribution < 1.29 is 9.13 Å². The number of hydrogen-bond acceptors (Lipinski definition) is 5. The fraction of sp³-hybridized carbons (Fsp3) is 0.308. The Morgan fingerprint density at radius 3 is 2.85 bits per heavy atom. The standard InChI is InChI=1S/C13H15BrFN3OS/c1-18(2)13-17-12(19-3)11(20-13)7-16-10-6-8(15)4-5-9(10)14/h4-6,16H,7H2,1-3H3. The average molecular weight is 360 g/mol. The normalized spacial score (nSPS) is 10.4. The molecule has 0 fully saturated rings. The largest absolute Gasteiger partial charge is 0.480 e. The molecule has 0 unspecified atom stereocenters. The molecule has 0 aliphatic rings. The number of methoxy groups -OCH3 is 1. The number of thiazole rings is 1. The van der Waals surface area contributed by atoms with Crippen LogP contribution in [0.25, 0.3) is 0 Å². The number of ether oxygens (including phenoxy) is 1. The number of nitrogens with one attached hydrogen (secondary N) is 1. The van der Waals surface area contributed by atoms with Crippen LogP contribution in [-0.4, -0.2) is 26.2 Å². The van der Waals surface area contributed by atoms with Crippen LogP contribution < -0.4 is 15.0 Å². The second-order valence-corrected chi connectivity index (χ2v) is 6.22. The summed E-state index contributed by atoms with van der Waals surface area (Å²) in [5.41, 5.74) is 0.701. The Balaban J connectivity index is 2.16. The predicted molar refractivity (Wildman–Crippen MR) is 84.4 cm³/mol. The summed E-state index contributed by atoms with van der Waals surface area (Å²) in [6.07, 6.45) is 0. The Bertz CT molecular complexity index is 603. The molecule has 1 aromatic heterocycles. The molecule has 0 saturated heterocycles. The minimum absolute atomic E-state index is 0.277. The molecule has 0 radical (unpaired) electrons. The SMILES string of the molecule is COc1nc(N(C)C)sc1CNc1cc(F)ccc1Br. The Morgan fingerprint density at radius 2 is 2.20 bits per heavy atom. The molecule has 1 heterocycles. The van der Waals surface area contributed by atoms with Gasteiger partial charge in [0.05, 0.1) is 24.2 Å². The van der Waals surface area contributed by atoms with Crippen molar-refractivity contribution in [2.75, 3.05) is 31.4 Å². The van der Waals surface area contributed by atoms with Crippen molar-refractivity contribution in [2.45, 2.75) is 6.54 Å². The lowest BCUT2D eigenvalue weighted by molar-refractivity contribution is 0.397. The third kappa shape index (κ3) is 3.40. The molecule has 0 bridgehead atoms. The fourth-order valence-corrected chi connectivity index (χ4v) is 2.88. The summed E-state index contributed by atoms with van der Waals surface area (Å²) >= 11 is 4.93. The van der Waals surface area contributed by atoms with E-state index in [2.05, 4.69) is 26.2 Å². The van der Waals surface area contributed by atoms with E-state index < -0.39 is 0 Å². The lowest BCUT2D eigenvalue weighted by atomic mass is 10.3. The molecule has 0 amide bonds. The Hall–Kier alpha value is -1.34. The van der Waals surface area contributed by atoms with E-state index in [1.165, 1.54) is 23.5 Å². The van der Waals surface area contributed by atoms with Crippen molar-refractivity contribution in [2.24, 2.45) is 0 Å². The fourth-order valence-electron chi connectivity index (χ4n) is 1.60. The molecule has 0 saturated carbocycles. The maximum Gasteiger partial charge on any atom is 0.231 e. The first-order chi connectivity index (χ1) is 9.51. The molecule has 0 spiro atoms. The van der Waals surface area contributed by atoms with Crippen LogP contribution in [0.4, 0.5) is 15.2 Å². The number of halogens is 2. The number of nitrogens with zero attached hydrogens (tertiary/aromatic N) is 2. The van der Waals surface area contributed by atoms with Crippen LogP contribution in [0.2, 0.25) is 0 Å². The quantitative estimate of drug-likeness (QED) is 0.882. The zero-order chi connectivity index (χ0) is 14.7. The zero-order valence-electron chi connectivity index (χ0n) is 11.4. The summed E-state index contributed by atoms with van der Waals surface area (Å²) in [7, 11) is 5.45. The molecule has 1 N–H and O–H groups in total. The van der Waals surface area contributed by atoms with Gasteiger partial charge in [-0.2, -0.15) is 4.98 Å². The molecule has 0 aliphatic heterocycles. The maximum atomic E-state index is 13.2. The molecule has 20 heavy (non-hydrogen) atoms. The van der Waals surface area contributed by atoms with Gasteiger partial charge >= 0.3 is 0 Å². The van der Waals surface area contributed by atoms with E-state index in [-0.39, 0.29) is 5.82 Å². The summed E-state index contributed by atoms with van der Waals surface area (Å²) in [5.74, 6) is 0.319. The molecule has 7 heteroatoms. The van der Waals surface area contributed by atoms with E-state index in [0.29, 0.717) is 18.1 Å². The number of anilines is 2. The Morgan fingerprint density at radius 1 is 1.45 bits per heavy atom. The second kappa shape index (κ2) is 6.41. The van der Waals surface area contributed by atoms with Crippen LogP contribution in [0.1, 0.15) is 4.88 Å². The van der Waals surface area contributed by atoms with Crippen LogP contribution in [-0.2, 0) is 6.54 Å². The summed E-state index contributed by atoms with van der Waals surface area (Å²) in [5, 5.41) is 4.05. The molecular formula is C13H15BrFN3OS. The highest BCUT2D eigenvalue weighted by atomic mass is 79.9. The summed E-state index contributed by atoms with van der Waals surface area (Å²) in [6.45, 7) is 0.525. The monoisotopic (exact) mass is 359 g/mol. The van der Waals surface area contributed by atoms with Crippen LogP contribution in [0, 0.1) is 5.82 Å². The van der Waals surface area contributed by atoms with Gasteiger partial charge in [0.25, 0.3) is 0 Å². The van der Waals surface area contributed by atoms with E-state index >= 15 is 0 Å². The van der Waals surface area contributed by atoms with Gasteiger partial charge in [-0.1, -0.05) is 11.3 Å². The van der Waals surface area contributed by atoms with Gasteiger partial charge in [0.1, 0.15) is 5.82 Å². The van der Waals surface area contributed by atoms with E-state index in [1.54, 1.807) is 13.2 Å². The van der Waals surface area contributed by atoms with Crippen molar-refractivity contribution in [1.82, 2.24) is 4.98 Å². The van der Waals surface area contributed by atoms with Crippen molar-refractivity contribution in [1.29, 1.82) is 0 Å². The van der Waals surface area contributed by atoms with Crippen LogP contribution in [0.5, 0.6) is 5.88 Å². The van der Waals surface area contributed by atoms with Gasteiger partial charge in [0.2, 0.25) is 5.88 Å². The first kappa shape index (κ1) is 15.1. The zero-order valence-corrected chi connectivity index (χ0v) is 13.8. The van der Waals surface area contributed by atoms with Crippen molar-refractivity contribution in [3.05, 3.63) is 33.4 Å². The Kier molecular flexibility index (Phi) is 4.82. The minimum Gasteiger partial charge on any atom is -0.480 e. The van der Waals surface area contributed by atoms with Crippen LogP contribution in [0.15, 0.2) is 22.7 Å². The summed E-state index contributed by atoms with van der Waals surface area (Å²) < 4.78 is 19.3. The molecule has 1 aromatic carbocycles. The minimum atomic E-state index is -0.277. The van der Waals surface area contributed by atoms with Crippen molar-refractivity contribution in [3.8, 4) is 5.88 Å². The van der Waals surface area contributed by atoms with Crippen LogP contribution in [0.3, 0.4) is 0 Å². The number of benzene rings is 1. The van der Waals surface area contributed by atoms with E-state index in [0.717, 1.165) is 14.5 Å². The van der Waals surface area contributed by atoms with E-state index in [9.17, 15) is 4.39 Å². The average Bonchev–Trinajstić information content (AvgIpc) is 2.83. The first-order valence-electron chi connectivity index (χ1n) is 5.91. The van der Waals surface area contributed by atoms with Gasteiger partial charge in [-0.3, -0.25) is 0 Å².